The van der Waals surface area contributed by atoms with E-state index in [1.165, 1.54) is 5.56 Å². The lowest BCUT2D eigenvalue weighted by Gasteiger charge is -2.23. The largest absolute Gasteiger partial charge is 0.363 e. The second kappa shape index (κ2) is 8.00. The van der Waals surface area contributed by atoms with Gasteiger partial charge in [0.15, 0.2) is 0 Å². The van der Waals surface area contributed by atoms with E-state index in [1.54, 1.807) is 12.3 Å². The Labute approximate surface area is 137 Å². The van der Waals surface area contributed by atoms with E-state index >= 15 is 0 Å². The molecule has 23 heavy (non-hydrogen) atoms. The Morgan fingerprint density at radius 2 is 1.96 bits per heavy atom. The highest BCUT2D eigenvalue weighted by Gasteiger charge is 2.16. The molecule has 0 aliphatic carbocycles. The topological polar surface area (TPSA) is 54.0 Å². The number of benzene rings is 1. The van der Waals surface area contributed by atoms with Crippen LogP contribution in [0, 0.1) is 18.3 Å². The maximum atomic E-state index is 11.8. The van der Waals surface area contributed by atoms with Gasteiger partial charge in [-0.2, -0.15) is 0 Å². The molecule has 2 rings (SSSR count). The van der Waals surface area contributed by atoms with Crippen LogP contribution >= 0.6 is 0 Å². The highest BCUT2D eigenvalue weighted by atomic mass is 16.1. The number of carbonyl (C=O) groups excluding carboxylic acids is 1. The van der Waals surface area contributed by atoms with Gasteiger partial charge in [0.05, 0.1) is 18.2 Å². The predicted molar refractivity (Wildman–Crippen MR) is 93.0 cm³/mol. The van der Waals surface area contributed by atoms with Gasteiger partial charge in [0.1, 0.15) is 5.82 Å². The molecule has 1 unspecified atom stereocenters. The standard InChI is InChI=1S/C19H21N3O/c1-4-12-20-19(23)16-10-11-17(21-13-16)22-18(14(2)3)15-8-6-5-7-9-15/h1,5-11,13-14,18H,12H2,2-3H3,(H,20,23)(H,21,22). The summed E-state index contributed by atoms with van der Waals surface area (Å²) in [5.41, 5.74) is 1.70. The number of anilines is 1. The first-order valence-corrected chi connectivity index (χ1v) is 7.61. The van der Waals surface area contributed by atoms with Gasteiger partial charge in [0, 0.05) is 6.20 Å². The summed E-state index contributed by atoms with van der Waals surface area (Å²) in [6.07, 6.45) is 6.68. The Hall–Kier alpha value is -2.80. The van der Waals surface area contributed by atoms with Gasteiger partial charge in [-0.1, -0.05) is 50.1 Å². The molecule has 0 aliphatic rings. The van der Waals surface area contributed by atoms with Crippen LogP contribution < -0.4 is 10.6 Å². The molecule has 4 nitrogen and oxygen atoms in total. The lowest BCUT2D eigenvalue weighted by atomic mass is 9.96. The highest BCUT2D eigenvalue weighted by molar-refractivity contribution is 5.94. The fourth-order valence-corrected chi connectivity index (χ4v) is 2.30. The third kappa shape index (κ3) is 4.58. The molecule has 2 N–H and O–H groups in total. The summed E-state index contributed by atoms with van der Waals surface area (Å²) in [5, 5.41) is 6.05. The van der Waals surface area contributed by atoms with E-state index in [1.807, 2.05) is 24.3 Å². The van der Waals surface area contributed by atoms with Crippen molar-refractivity contribution in [3.63, 3.8) is 0 Å². The second-order valence-electron chi connectivity index (χ2n) is 5.60. The Kier molecular flexibility index (Phi) is 5.76. The molecular formula is C19H21N3O. The van der Waals surface area contributed by atoms with Crippen molar-refractivity contribution < 1.29 is 4.79 Å². The van der Waals surface area contributed by atoms with Gasteiger partial charge in [0.25, 0.3) is 5.91 Å². The third-order valence-corrected chi connectivity index (χ3v) is 3.51. The van der Waals surface area contributed by atoms with Gasteiger partial charge >= 0.3 is 0 Å². The maximum absolute atomic E-state index is 11.8. The molecule has 0 radical (unpaired) electrons. The molecule has 1 heterocycles. The Morgan fingerprint density at radius 3 is 2.52 bits per heavy atom. The lowest BCUT2D eigenvalue weighted by molar-refractivity contribution is 0.0958. The number of rotatable bonds is 6. The number of carbonyl (C=O) groups is 1. The van der Waals surface area contributed by atoms with Crippen LogP contribution in [-0.4, -0.2) is 17.4 Å². The van der Waals surface area contributed by atoms with Crippen LogP contribution in [0.4, 0.5) is 5.82 Å². The molecule has 0 spiro atoms. The number of nitrogens with one attached hydrogen (secondary N) is 2. The van der Waals surface area contributed by atoms with Crippen LogP contribution in [0.25, 0.3) is 0 Å². The third-order valence-electron chi connectivity index (χ3n) is 3.51. The monoisotopic (exact) mass is 307 g/mol. The normalized spacial score (nSPS) is 11.6. The van der Waals surface area contributed by atoms with E-state index in [4.69, 9.17) is 6.42 Å². The number of nitrogens with zero attached hydrogens (tertiary/aromatic N) is 1. The molecular weight excluding hydrogens is 286 g/mol. The smallest absolute Gasteiger partial charge is 0.253 e. The molecule has 4 heteroatoms. The summed E-state index contributed by atoms with van der Waals surface area (Å²) in [5.74, 6) is 3.29. The molecule has 0 saturated heterocycles. The van der Waals surface area contributed by atoms with Gasteiger partial charge in [-0.05, 0) is 23.6 Å². The average molecular weight is 307 g/mol. The number of hydrogen-bond acceptors (Lipinski definition) is 3. The van der Waals surface area contributed by atoms with E-state index in [0.717, 1.165) is 5.82 Å². The van der Waals surface area contributed by atoms with Crippen molar-refractivity contribution in [2.45, 2.75) is 19.9 Å². The quantitative estimate of drug-likeness (QED) is 0.806. The minimum absolute atomic E-state index is 0.157. The van der Waals surface area contributed by atoms with Crippen molar-refractivity contribution in [3.8, 4) is 12.3 Å². The average Bonchev–Trinajstić information content (AvgIpc) is 2.58. The van der Waals surface area contributed by atoms with E-state index in [-0.39, 0.29) is 18.5 Å². The number of aromatic nitrogens is 1. The predicted octanol–water partition coefficient (Wildman–Crippen LogP) is 3.25. The SMILES string of the molecule is C#CCNC(=O)c1ccc(NC(c2ccccc2)C(C)C)nc1. The summed E-state index contributed by atoms with van der Waals surface area (Å²) in [4.78, 5) is 16.1. The zero-order valence-electron chi connectivity index (χ0n) is 13.4. The minimum Gasteiger partial charge on any atom is -0.363 e. The zero-order chi connectivity index (χ0) is 16.7. The molecule has 2 aromatic rings. The first-order chi connectivity index (χ1) is 11.1. The number of amides is 1. The van der Waals surface area contributed by atoms with Crippen molar-refractivity contribution in [2.75, 3.05) is 11.9 Å². The van der Waals surface area contributed by atoms with Crippen molar-refractivity contribution in [1.82, 2.24) is 10.3 Å². The lowest BCUT2D eigenvalue weighted by Crippen LogP contribution is -2.23. The van der Waals surface area contributed by atoms with Gasteiger partial charge in [-0.3, -0.25) is 4.79 Å². The second-order valence-corrected chi connectivity index (χ2v) is 5.60. The molecule has 1 aromatic carbocycles. The Balaban J connectivity index is 2.10. The van der Waals surface area contributed by atoms with Gasteiger partial charge < -0.3 is 10.6 Å². The van der Waals surface area contributed by atoms with Crippen LogP contribution in [0.15, 0.2) is 48.7 Å². The molecule has 0 bridgehead atoms. The van der Waals surface area contributed by atoms with Crippen LogP contribution in [0.1, 0.15) is 35.8 Å². The first kappa shape index (κ1) is 16.6. The first-order valence-electron chi connectivity index (χ1n) is 7.61. The minimum atomic E-state index is -0.217. The highest BCUT2D eigenvalue weighted by Crippen LogP contribution is 2.25. The summed E-state index contributed by atoms with van der Waals surface area (Å²) in [6.45, 7) is 4.53. The van der Waals surface area contributed by atoms with Gasteiger partial charge in [-0.25, -0.2) is 4.98 Å². The Morgan fingerprint density at radius 1 is 1.22 bits per heavy atom. The molecule has 0 fully saturated rings. The summed E-state index contributed by atoms with van der Waals surface area (Å²) in [7, 11) is 0. The van der Waals surface area contributed by atoms with Gasteiger partial charge in [-0.15, -0.1) is 6.42 Å². The maximum Gasteiger partial charge on any atom is 0.253 e. The van der Waals surface area contributed by atoms with E-state index in [2.05, 4.69) is 47.5 Å². The van der Waals surface area contributed by atoms with Crippen molar-refractivity contribution in [3.05, 3.63) is 59.8 Å². The fraction of sp³-hybridized carbons (Fsp3) is 0.263. The summed E-state index contributed by atoms with van der Waals surface area (Å²) >= 11 is 0. The van der Waals surface area contributed by atoms with E-state index in [0.29, 0.717) is 11.5 Å². The molecule has 0 aliphatic heterocycles. The molecule has 1 amide bonds. The number of hydrogen-bond donors (Lipinski definition) is 2. The zero-order valence-corrected chi connectivity index (χ0v) is 13.4. The molecule has 1 aromatic heterocycles. The fourth-order valence-electron chi connectivity index (χ4n) is 2.30. The van der Waals surface area contributed by atoms with Crippen LogP contribution in [0.3, 0.4) is 0 Å². The van der Waals surface area contributed by atoms with Crippen molar-refractivity contribution >= 4 is 11.7 Å². The number of terminal acetylenes is 1. The van der Waals surface area contributed by atoms with Crippen LogP contribution in [-0.2, 0) is 0 Å². The molecule has 118 valence electrons. The molecule has 1 atom stereocenters. The summed E-state index contributed by atoms with van der Waals surface area (Å²) in [6, 6.07) is 14.0. The Bertz CT molecular complexity index is 672. The van der Waals surface area contributed by atoms with E-state index < -0.39 is 0 Å². The van der Waals surface area contributed by atoms with Gasteiger partial charge in [0.2, 0.25) is 0 Å². The van der Waals surface area contributed by atoms with Crippen molar-refractivity contribution in [1.29, 1.82) is 0 Å². The van der Waals surface area contributed by atoms with Crippen molar-refractivity contribution in [2.24, 2.45) is 5.92 Å². The van der Waals surface area contributed by atoms with E-state index in [9.17, 15) is 4.79 Å². The van der Waals surface area contributed by atoms with Crippen LogP contribution in [0.5, 0.6) is 0 Å². The number of pyridine rings is 1. The van der Waals surface area contributed by atoms with Crippen LogP contribution in [0.2, 0.25) is 0 Å². The summed E-state index contributed by atoms with van der Waals surface area (Å²) < 4.78 is 0. The molecule has 0 saturated carbocycles.